The number of urea groups is 1. The summed E-state index contributed by atoms with van der Waals surface area (Å²) in [5.41, 5.74) is 7.64. The molecule has 0 aromatic heterocycles. The third-order valence-corrected chi connectivity index (χ3v) is 2.34. The number of nitrogens with zero attached hydrogens (tertiary/aromatic N) is 1. The van der Waals surface area contributed by atoms with Crippen molar-refractivity contribution >= 4 is 12.2 Å². The van der Waals surface area contributed by atoms with E-state index in [4.69, 9.17) is 10.5 Å². The van der Waals surface area contributed by atoms with Crippen molar-refractivity contribution in [1.82, 2.24) is 5.43 Å². The molecule has 20 heavy (non-hydrogen) atoms. The van der Waals surface area contributed by atoms with Crippen LogP contribution in [0.1, 0.15) is 5.56 Å². The first-order chi connectivity index (χ1) is 9.65. The maximum absolute atomic E-state index is 12.8. The van der Waals surface area contributed by atoms with Crippen molar-refractivity contribution in [3.63, 3.8) is 0 Å². The first-order valence-corrected chi connectivity index (χ1v) is 5.76. The quantitative estimate of drug-likeness (QED) is 0.663. The highest BCUT2D eigenvalue weighted by Gasteiger charge is 2.02. The van der Waals surface area contributed by atoms with Crippen LogP contribution >= 0.6 is 0 Å². The number of para-hydroxylation sites is 1. The Hall–Kier alpha value is -2.89. The van der Waals surface area contributed by atoms with Gasteiger partial charge in [-0.05, 0) is 36.4 Å². The van der Waals surface area contributed by atoms with Gasteiger partial charge in [0.2, 0.25) is 0 Å². The van der Waals surface area contributed by atoms with Crippen LogP contribution in [0.3, 0.4) is 0 Å². The maximum atomic E-state index is 12.8. The van der Waals surface area contributed by atoms with Crippen molar-refractivity contribution in [3.05, 3.63) is 59.9 Å². The summed E-state index contributed by atoms with van der Waals surface area (Å²) in [7, 11) is 0. The number of carbonyl (C=O) groups is 1. The molecule has 0 radical (unpaired) electrons. The van der Waals surface area contributed by atoms with Gasteiger partial charge < -0.3 is 10.5 Å². The van der Waals surface area contributed by atoms with E-state index in [1.54, 1.807) is 24.3 Å². The fourth-order valence-electron chi connectivity index (χ4n) is 1.48. The number of nitrogens with one attached hydrogen (secondary N) is 1. The lowest BCUT2D eigenvalue weighted by Gasteiger charge is -2.08. The topological polar surface area (TPSA) is 76.7 Å². The Morgan fingerprint density at radius 3 is 2.60 bits per heavy atom. The van der Waals surface area contributed by atoms with Crippen molar-refractivity contribution in [2.75, 3.05) is 0 Å². The van der Waals surface area contributed by atoms with Crippen LogP contribution in [0.5, 0.6) is 11.5 Å². The van der Waals surface area contributed by atoms with Gasteiger partial charge in [-0.3, -0.25) is 0 Å². The van der Waals surface area contributed by atoms with E-state index in [1.807, 2.05) is 0 Å². The molecule has 2 aromatic carbocycles. The lowest BCUT2D eigenvalue weighted by molar-refractivity contribution is 0.249. The van der Waals surface area contributed by atoms with E-state index < -0.39 is 6.03 Å². The molecular formula is C14H12FN3O2. The lowest BCUT2D eigenvalue weighted by atomic mass is 10.2. The van der Waals surface area contributed by atoms with Gasteiger partial charge in [0.1, 0.15) is 17.3 Å². The molecule has 0 heterocycles. The summed E-state index contributed by atoms with van der Waals surface area (Å²) in [5.74, 6) is 0.682. The Morgan fingerprint density at radius 2 is 1.90 bits per heavy atom. The third-order valence-electron chi connectivity index (χ3n) is 2.34. The van der Waals surface area contributed by atoms with Gasteiger partial charge in [0.25, 0.3) is 0 Å². The van der Waals surface area contributed by atoms with Gasteiger partial charge in [0.05, 0.1) is 6.21 Å². The van der Waals surface area contributed by atoms with Crippen molar-refractivity contribution in [1.29, 1.82) is 0 Å². The van der Waals surface area contributed by atoms with E-state index in [9.17, 15) is 9.18 Å². The van der Waals surface area contributed by atoms with Crippen LogP contribution in [0, 0.1) is 5.82 Å². The first kappa shape index (κ1) is 13.5. The number of hydrogen-bond donors (Lipinski definition) is 2. The number of primary amides is 1. The standard InChI is InChI=1S/C14H12FN3O2/c15-11-5-7-12(8-6-11)20-13-4-2-1-3-10(13)9-17-18-14(16)19/h1-9H,(H3,16,18,19)/b17-9+. The number of carbonyl (C=O) groups excluding carboxylic acids is 1. The molecule has 102 valence electrons. The summed E-state index contributed by atoms with van der Waals surface area (Å²) in [4.78, 5) is 10.5. The summed E-state index contributed by atoms with van der Waals surface area (Å²) >= 11 is 0. The number of rotatable bonds is 4. The molecule has 2 aromatic rings. The molecule has 6 heteroatoms. The normalized spacial score (nSPS) is 10.4. The van der Waals surface area contributed by atoms with Crippen LogP contribution in [0.25, 0.3) is 0 Å². The fourth-order valence-corrected chi connectivity index (χ4v) is 1.48. The van der Waals surface area contributed by atoms with Gasteiger partial charge in [0, 0.05) is 5.56 Å². The molecule has 0 bridgehead atoms. The van der Waals surface area contributed by atoms with Crippen LogP contribution in [-0.4, -0.2) is 12.2 Å². The van der Waals surface area contributed by atoms with Gasteiger partial charge in [-0.2, -0.15) is 5.10 Å². The summed E-state index contributed by atoms with van der Waals surface area (Å²) in [6, 6.07) is 12.0. The highest BCUT2D eigenvalue weighted by molar-refractivity contribution is 5.84. The van der Waals surface area contributed by atoms with Gasteiger partial charge in [-0.15, -0.1) is 0 Å². The Morgan fingerprint density at radius 1 is 1.20 bits per heavy atom. The molecule has 0 atom stereocenters. The van der Waals surface area contributed by atoms with Crippen molar-refractivity contribution < 1.29 is 13.9 Å². The van der Waals surface area contributed by atoms with Crippen LogP contribution in [0.15, 0.2) is 53.6 Å². The van der Waals surface area contributed by atoms with E-state index in [0.717, 1.165) is 0 Å². The molecule has 5 nitrogen and oxygen atoms in total. The summed E-state index contributed by atoms with van der Waals surface area (Å²) in [6.07, 6.45) is 1.41. The Kier molecular flexibility index (Phi) is 4.28. The zero-order chi connectivity index (χ0) is 14.4. The SMILES string of the molecule is NC(=O)N/N=C/c1ccccc1Oc1ccc(F)cc1. The number of halogens is 1. The predicted octanol–water partition coefficient (Wildman–Crippen LogP) is 2.62. The van der Waals surface area contributed by atoms with E-state index in [-0.39, 0.29) is 5.82 Å². The summed E-state index contributed by atoms with van der Waals surface area (Å²) in [6.45, 7) is 0. The number of nitrogens with two attached hydrogens (primary N) is 1. The van der Waals surface area contributed by atoms with E-state index in [0.29, 0.717) is 17.1 Å². The Balaban J connectivity index is 2.17. The highest BCUT2D eigenvalue weighted by Crippen LogP contribution is 2.24. The zero-order valence-electron chi connectivity index (χ0n) is 10.4. The van der Waals surface area contributed by atoms with Crippen molar-refractivity contribution in [3.8, 4) is 11.5 Å². The molecule has 0 saturated heterocycles. The minimum Gasteiger partial charge on any atom is -0.457 e. The summed E-state index contributed by atoms with van der Waals surface area (Å²) in [5, 5.41) is 3.67. The number of amides is 2. The first-order valence-electron chi connectivity index (χ1n) is 5.76. The molecule has 0 aliphatic carbocycles. The van der Waals surface area contributed by atoms with Crippen molar-refractivity contribution in [2.24, 2.45) is 10.8 Å². The minimum atomic E-state index is -0.752. The average molecular weight is 273 g/mol. The Labute approximate surface area is 114 Å². The number of ether oxygens (including phenoxy) is 1. The molecule has 2 rings (SSSR count). The molecular weight excluding hydrogens is 261 g/mol. The van der Waals surface area contributed by atoms with E-state index in [1.165, 1.54) is 30.5 Å². The molecule has 0 aliphatic heterocycles. The van der Waals surface area contributed by atoms with Crippen molar-refractivity contribution in [2.45, 2.75) is 0 Å². The smallest absolute Gasteiger partial charge is 0.332 e. The minimum absolute atomic E-state index is 0.335. The number of hydrazone groups is 1. The molecule has 2 amide bonds. The van der Waals surface area contributed by atoms with Gasteiger partial charge in [-0.25, -0.2) is 14.6 Å². The second-order valence-corrected chi connectivity index (χ2v) is 3.83. The van der Waals surface area contributed by atoms with Gasteiger partial charge in [0.15, 0.2) is 0 Å². The van der Waals surface area contributed by atoms with E-state index in [2.05, 4.69) is 10.5 Å². The van der Waals surface area contributed by atoms with Crippen LogP contribution < -0.4 is 15.9 Å². The average Bonchev–Trinajstić information content (AvgIpc) is 2.43. The predicted molar refractivity (Wildman–Crippen MR) is 73.2 cm³/mol. The van der Waals surface area contributed by atoms with Gasteiger partial charge >= 0.3 is 6.03 Å². The Bertz CT molecular complexity index is 627. The monoisotopic (exact) mass is 273 g/mol. The van der Waals surface area contributed by atoms with Crippen LogP contribution in [-0.2, 0) is 0 Å². The van der Waals surface area contributed by atoms with Crippen LogP contribution in [0.4, 0.5) is 9.18 Å². The number of benzene rings is 2. The second-order valence-electron chi connectivity index (χ2n) is 3.83. The third kappa shape index (κ3) is 3.81. The fraction of sp³-hybridized carbons (Fsp3) is 0. The molecule has 0 spiro atoms. The summed E-state index contributed by atoms with van der Waals surface area (Å²) < 4.78 is 18.4. The maximum Gasteiger partial charge on any atom is 0.332 e. The highest BCUT2D eigenvalue weighted by atomic mass is 19.1. The van der Waals surface area contributed by atoms with E-state index >= 15 is 0 Å². The molecule has 0 fully saturated rings. The second kappa shape index (κ2) is 6.33. The molecule has 0 unspecified atom stereocenters. The molecule has 0 saturated carbocycles. The lowest BCUT2D eigenvalue weighted by Crippen LogP contribution is -2.24. The largest absolute Gasteiger partial charge is 0.457 e. The molecule has 0 aliphatic rings. The zero-order valence-corrected chi connectivity index (χ0v) is 10.4. The number of hydrogen-bond acceptors (Lipinski definition) is 3. The van der Waals surface area contributed by atoms with Crippen LogP contribution in [0.2, 0.25) is 0 Å². The van der Waals surface area contributed by atoms with Gasteiger partial charge in [-0.1, -0.05) is 12.1 Å². The molecule has 3 N–H and O–H groups in total.